The Morgan fingerprint density at radius 2 is 1.84 bits per heavy atom. The molecular formula is C14H8Br2F3N5O. The number of amides is 1. The first kappa shape index (κ1) is 17.8. The van der Waals surface area contributed by atoms with E-state index >= 15 is 0 Å². The molecule has 2 aromatic heterocycles. The summed E-state index contributed by atoms with van der Waals surface area (Å²) in [4.78, 5) is 20.2. The third kappa shape index (κ3) is 3.52. The maximum atomic E-state index is 13.3. The van der Waals surface area contributed by atoms with Gasteiger partial charge in [0.1, 0.15) is 11.5 Å². The number of nitrogens with one attached hydrogen (secondary N) is 1. The Bertz CT molecular complexity index is 969. The maximum absolute atomic E-state index is 13.3. The molecule has 3 aromatic rings. The van der Waals surface area contributed by atoms with Crippen LogP contribution in [0.25, 0.3) is 5.78 Å². The van der Waals surface area contributed by atoms with Crippen molar-refractivity contribution in [3.05, 3.63) is 50.2 Å². The Labute approximate surface area is 155 Å². The summed E-state index contributed by atoms with van der Waals surface area (Å²) >= 11 is 6.26. The average molecular weight is 479 g/mol. The summed E-state index contributed by atoms with van der Waals surface area (Å²) in [5.74, 6) is -1.72. The predicted molar refractivity (Wildman–Crippen MR) is 90.2 cm³/mol. The zero-order valence-corrected chi connectivity index (χ0v) is 15.6. The lowest BCUT2D eigenvalue weighted by Gasteiger charge is -2.08. The van der Waals surface area contributed by atoms with Crippen molar-refractivity contribution < 1.29 is 18.0 Å². The molecule has 0 aliphatic heterocycles. The lowest BCUT2D eigenvalue weighted by Crippen LogP contribution is -2.15. The summed E-state index contributed by atoms with van der Waals surface area (Å²) in [6.45, 7) is 1.53. The molecule has 2 heterocycles. The number of alkyl halides is 2. The van der Waals surface area contributed by atoms with Gasteiger partial charge in [0.2, 0.25) is 5.82 Å². The van der Waals surface area contributed by atoms with E-state index in [1.807, 2.05) is 0 Å². The first-order valence-electron chi connectivity index (χ1n) is 6.74. The minimum atomic E-state index is -2.80. The zero-order chi connectivity index (χ0) is 18.3. The lowest BCUT2D eigenvalue weighted by atomic mass is 10.3. The van der Waals surface area contributed by atoms with E-state index in [9.17, 15) is 18.0 Å². The zero-order valence-electron chi connectivity index (χ0n) is 12.4. The standard InChI is InChI=1S/C14H8Br2F3N5O/c1-5-2-9(11(18)19)24-14(20-5)22-12(23-24)13(25)21-10-7(15)3-6(17)4-8(10)16/h2-4,11H,1H3,(H,21,25). The van der Waals surface area contributed by atoms with Crippen LogP contribution in [0.3, 0.4) is 0 Å². The molecule has 1 amide bonds. The highest BCUT2D eigenvalue weighted by molar-refractivity contribution is 9.11. The summed E-state index contributed by atoms with van der Waals surface area (Å²) < 4.78 is 40.9. The molecule has 1 aromatic carbocycles. The van der Waals surface area contributed by atoms with Crippen molar-refractivity contribution in [1.82, 2.24) is 19.6 Å². The number of carbonyl (C=O) groups excluding carboxylic acids is 1. The molecule has 0 atom stereocenters. The van der Waals surface area contributed by atoms with Crippen LogP contribution in [0.4, 0.5) is 18.9 Å². The van der Waals surface area contributed by atoms with Crippen LogP contribution >= 0.6 is 31.9 Å². The Kier molecular flexibility index (Phi) is 4.78. The van der Waals surface area contributed by atoms with E-state index in [-0.39, 0.29) is 17.3 Å². The molecule has 25 heavy (non-hydrogen) atoms. The van der Waals surface area contributed by atoms with E-state index in [1.165, 1.54) is 13.0 Å². The number of hydrogen-bond acceptors (Lipinski definition) is 4. The normalized spacial score (nSPS) is 11.3. The van der Waals surface area contributed by atoms with Gasteiger partial charge < -0.3 is 5.32 Å². The van der Waals surface area contributed by atoms with Crippen LogP contribution in [-0.2, 0) is 0 Å². The molecule has 0 spiro atoms. The molecule has 0 fully saturated rings. The van der Waals surface area contributed by atoms with Crippen LogP contribution in [0.1, 0.15) is 28.4 Å². The van der Waals surface area contributed by atoms with E-state index < -0.39 is 23.8 Å². The van der Waals surface area contributed by atoms with Crippen molar-refractivity contribution >= 4 is 49.2 Å². The number of halogens is 5. The molecule has 1 N–H and O–H groups in total. The van der Waals surface area contributed by atoms with Crippen LogP contribution in [0.2, 0.25) is 0 Å². The largest absolute Gasteiger partial charge is 0.317 e. The minimum Gasteiger partial charge on any atom is -0.317 e. The van der Waals surface area contributed by atoms with Crippen molar-refractivity contribution in [3.63, 3.8) is 0 Å². The first-order chi connectivity index (χ1) is 11.8. The quantitative estimate of drug-likeness (QED) is 0.609. The van der Waals surface area contributed by atoms with Crippen LogP contribution in [0.5, 0.6) is 0 Å². The van der Waals surface area contributed by atoms with Crippen LogP contribution < -0.4 is 5.32 Å². The van der Waals surface area contributed by atoms with Gasteiger partial charge in [-0.05, 0) is 57.0 Å². The third-order valence-electron chi connectivity index (χ3n) is 3.14. The predicted octanol–water partition coefficient (Wildman–Crippen LogP) is 4.29. The third-order valence-corrected chi connectivity index (χ3v) is 4.39. The van der Waals surface area contributed by atoms with Crippen molar-refractivity contribution in [2.75, 3.05) is 5.32 Å². The number of aryl methyl sites for hydroxylation is 1. The van der Waals surface area contributed by atoms with Gasteiger partial charge in [0.25, 0.3) is 18.1 Å². The van der Waals surface area contributed by atoms with Crippen molar-refractivity contribution in [1.29, 1.82) is 0 Å². The van der Waals surface area contributed by atoms with E-state index in [0.717, 1.165) is 16.6 Å². The highest BCUT2D eigenvalue weighted by Gasteiger charge is 2.21. The van der Waals surface area contributed by atoms with Gasteiger partial charge in [0, 0.05) is 14.6 Å². The monoisotopic (exact) mass is 477 g/mol. The number of carbonyl (C=O) groups is 1. The Hall–Kier alpha value is -2.01. The Morgan fingerprint density at radius 1 is 1.20 bits per heavy atom. The van der Waals surface area contributed by atoms with Crippen LogP contribution in [-0.4, -0.2) is 25.5 Å². The van der Waals surface area contributed by atoms with E-state index in [4.69, 9.17) is 0 Å². The van der Waals surface area contributed by atoms with Gasteiger partial charge in [0.05, 0.1) is 5.69 Å². The number of nitrogens with zero attached hydrogens (tertiary/aromatic N) is 4. The van der Waals surface area contributed by atoms with Gasteiger partial charge in [0.15, 0.2) is 0 Å². The SMILES string of the molecule is Cc1cc(C(F)F)n2nc(C(=O)Nc3c(Br)cc(F)cc3Br)nc2n1. The second-order valence-electron chi connectivity index (χ2n) is 4.97. The molecule has 130 valence electrons. The Balaban J connectivity index is 2.00. The highest BCUT2D eigenvalue weighted by Crippen LogP contribution is 2.32. The number of benzene rings is 1. The fourth-order valence-corrected chi connectivity index (χ4v) is 3.43. The number of fused-ring (bicyclic) bond motifs is 1. The molecule has 0 unspecified atom stereocenters. The first-order valence-corrected chi connectivity index (χ1v) is 8.33. The molecule has 0 aliphatic rings. The molecule has 6 nitrogen and oxygen atoms in total. The van der Waals surface area contributed by atoms with E-state index in [1.54, 1.807) is 0 Å². The van der Waals surface area contributed by atoms with Crippen molar-refractivity contribution in [2.45, 2.75) is 13.3 Å². The summed E-state index contributed by atoms with van der Waals surface area (Å²) in [5.41, 5.74) is 0.160. The molecule has 0 bridgehead atoms. The smallest absolute Gasteiger partial charge is 0.295 e. The van der Waals surface area contributed by atoms with Crippen LogP contribution in [0, 0.1) is 12.7 Å². The van der Waals surface area contributed by atoms with E-state index in [0.29, 0.717) is 14.6 Å². The molecular weight excluding hydrogens is 471 g/mol. The van der Waals surface area contributed by atoms with Crippen molar-refractivity contribution in [2.24, 2.45) is 0 Å². The summed E-state index contributed by atoms with van der Waals surface area (Å²) in [7, 11) is 0. The second kappa shape index (κ2) is 6.71. The van der Waals surface area contributed by atoms with Gasteiger partial charge in [-0.3, -0.25) is 4.79 Å². The van der Waals surface area contributed by atoms with Crippen LogP contribution in [0.15, 0.2) is 27.1 Å². The number of aromatic nitrogens is 4. The van der Waals surface area contributed by atoms with Gasteiger partial charge in [-0.1, -0.05) is 0 Å². The highest BCUT2D eigenvalue weighted by atomic mass is 79.9. The second-order valence-corrected chi connectivity index (χ2v) is 6.68. The van der Waals surface area contributed by atoms with Gasteiger partial charge in [-0.25, -0.2) is 18.2 Å². The summed E-state index contributed by atoms with van der Waals surface area (Å²) in [6.07, 6.45) is -2.80. The maximum Gasteiger partial charge on any atom is 0.295 e. The van der Waals surface area contributed by atoms with Gasteiger partial charge >= 0.3 is 0 Å². The number of anilines is 1. The molecule has 3 rings (SSSR count). The molecule has 0 saturated heterocycles. The minimum absolute atomic E-state index is 0.113. The molecule has 11 heteroatoms. The summed E-state index contributed by atoms with van der Waals surface area (Å²) in [6, 6.07) is 3.50. The fourth-order valence-electron chi connectivity index (χ4n) is 2.10. The number of rotatable bonds is 3. The van der Waals surface area contributed by atoms with E-state index in [2.05, 4.69) is 52.2 Å². The molecule has 0 saturated carbocycles. The number of hydrogen-bond donors (Lipinski definition) is 1. The molecule has 0 aliphatic carbocycles. The fraction of sp³-hybridized carbons (Fsp3) is 0.143. The lowest BCUT2D eigenvalue weighted by molar-refractivity contribution is 0.101. The van der Waals surface area contributed by atoms with Crippen molar-refractivity contribution in [3.8, 4) is 0 Å². The van der Waals surface area contributed by atoms with Gasteiger partial charge in [-0.15, -0.1) is 5.10 Å². The topological polar surface area (TPSA) is 72.2 Å². The Morgan fingerprint density at radius 3 is 2.44 bits per heavy atom. The average Bonchev–Trinajstić information content (AvgIpc) is 2.93. The molecule has 0 radical (unpaired) electrons. The van der Waals surface area contributed by atoms with Gasteiger partial charge in [-0.2, -0.15) is 9.50 Å². The summed E-state index contributed by atoms with van der Waals surface area (Å²) in [5, 5.41) is 6.29.